The second-order valence-corrected chi connectivity index (χ2v) is 2.83. The van der Waals surface area contributed by atoms with Gasteiger partial charge in [-0.15, -0.1) is 6.58 Å². The van der Waals surface area contributed by atoms with Gasteiger partial charge in [0.15, 0.2) is 0 Å². The SMILES string of the molecule is C=CC[C@H](N)C(F)(F)C(F)(F)C(F)(F)F. The minimum absolute atomic E-state index is 0.741. The van der Waals surface area contributed by atoms with Crippen molar-refractivity contribution in [2.45, 2.75) is 30.5 Å². The Bertz CT molecular complexity index is 232. The highest BCUT2D eigenvalue weighted by Crippen LogP contribution is 2.48. The molecule has 0 aromatic rings. The van der Waals surface area contributed by atoms with Crippen LogP contribution in [-0.2, 0) is 0 Å². The summed E-state index contributed by atoms with van der Waals surface area (Å²) in [6, 6.07) is -2.63. The average molecular weight is 239 g/mol. The monoisotopic (exact) mass is 239 g/mol. The fourth-order valence-electron chi connectivity index (χ4n) is 0.749. The van der Waals surface area contributed by atoms with E-state index in [2.05, 4.69) is 12.3 Å². The van der Waals surface area contributed by atoms with Gasteiger partial charge in [-0.3, -0.25) is 0 Å². The summed E-state index contributed by atoms with van der Waals surface area (Å²) in [6.07, 6.45) is -6.45. The molecule has 0 bridgehead atoms. The molecule has 0 saturated carbocycles. The topological polar surface area (TPSA) is 26.0 Å². The predicted molar refractivity (Wildman–Crippen MR) is 38.7 cm³/mol. The summed E-state index contributed by atoms with van der Waals surface area (Å²) in [4.78, 5) is 0. The molecule has 0 amide bonds. The van der Waals surface area contributed by atoms with Gasteiger partial charge in [-0.2, -0.15) is 30.7 Å². The Hall–Kier alpha value is -0.790. The first kappa shape index (κ1) is 14.2. The summed E-state index contributed by atoms with van der Waals surface area (Å²) in [7, 11) is 0. The van der Waals surface area contributed by atoms with Crippen molar-refractivity contribution in [2.75, 3.05) is 0 Å². The van der Waals surface area contributed by atoms with E-state index in [9.17, 15) is 30.7 Å². The lowest BCUT2D eigenvalue weighted by Gasteiger charge is -2.31. The predicted octanol–water partition coefficient (Wildman–Crippen LogP) is 2.72. The van der Waals surface area contributed by atoms with Crippen LogP contribution in [0.3, 0.4) is 0 Å². The molecule has 1 atom stereocenters. The lowest BCUT2D eigenvalue weighted by atomic mass is 10.0. The molecule has 0 aliphatic rings. The Morgan fingerprint density at radius 2 is 1.47 bits per heavy atom. The summed E-state index contributed by atoms with van der Waals surface area (Å²) in [5, 5.41) is 0. The first-order valence-corrected chi connectivity index (χ1v) is 3.67. The van der Waals surface area contributed by atoms with E-state index in [0.717, 1.165) is 6.08 Å². The first-order chi connectivity index (χ1) is 6.48. The highest BCUT2D eigenvalue weighted by molar-refractivity contribution is 4.99. The zero-order valence-corrected chi connectivity index (χ0v) is 7.29. The Balaban J connectivity index is 5.08. The normalized spacial score (nSPS) is 16.3. The first-order valence-electron chi connectivity index (χ1n) is 3.67. The van der Waals surface area contributed by atoms with Crippen molar-refractivity contribution >= 4 is 0 Å². The minimum atomic E-state index is -6.34. The van der Waals surface area contributed by atoms with E-state index in [1.54, 1.807) is 0 Å². The summed E-state index contributed by atoms with van der Waals surface area (Å²) < 4.78 is 84.7. The Kier molecular flexibility index (Phi) is 3.78. The maximum atomic E-state index is 12.6. The van der Waals surface area contributed by atoms with Gasteiger partial charge in [0.05, 0.1) is 6.04 Å². The van der Waals surface area contributed by atoms with Gasteiger partial charge in [0.2, 0.25) is 0 Å². The second-order valence-electron chi connectivity index (χ2n) is 2.83. The van der Waals surface area contributed by atoms with Crippen molar-refractivity contribution in [2.24, 2.45) is 5.73 Å². The van der Waals surface area contributed by atoms with E-state index in [1.165, 1.54) is 0 Å². The van der Waals surface area contributed by atoms with Gasteiger partial charge in [0.1, 0.15) is 0 Å². The zero-order chi connectivity index (χ0) is 12.5. The van der Waals surface area contributed by atoms with Crippen molar-refractivity contribution in [3.05, 3.63) is 12.7 Å². The van der Waals surface area contributed by atoms with Crippen LogP contribution in [0.15, 0.2) is 12.7 Å². The van der Waals surface area contributed by atoms with Gasteiger partial charge in [0, 0.05) is 0 Å². The average Bonchev–Trinajstić information content (AvgIpc) is 2.02. The van der Waals surface area contributed by atoms with Gasteiger partial charge in [-0.05, 0) is 6.42 Å². The van der Waals surface area contributed by atoms with E-state index >= 15 is 0 Å². The maximum Gasteiger partial charge on any atom is 0.459 e. The molecule has 0 aromatic heterocycles. The summed E-state index contributed by atoms with van der Waals surface area (Å²) in [6.45, 7) is 2.92. The van der Waals surface area contributed by atoms with Crippen LogP contribution in [0.5, 0.6) is 0 Å². The smallest absolute Gasteiger partial charge is 0.322 e. The number of alkyl halides is 7. The lowest BCUT2D eigenvalue weighted by molar-refractivity contribution is -0.358. The Morgan fingerprint density at radius 1 is 1.07 bits per heavy atom. The number of halogens is 7. The number of hydrogen-bond donors (Lipinski definition) is 1. The largest absolute Gasteiger partial charge is 0.459 e. The molecular weight excluding hydrogens is 231 g/mol. The van der Waals surface area contributed by atoms with Crippen LogP contribution >= 0.6 is 0 Å². The molecule has 2 N–H and O–H groups in total. The molecule has 90 valence electrons. The Morgan fingerprint density at radius 3 is 1.73 bits per heavy atom. The van der Waals surface area contributed by atoms with Gasteiger partial charge >= 0.3 is 18.0 Å². The molecule has 0 heterocycles. The molecule has 0 aliphatic carbocycles. The van der Waals surface area contributed by atoms with Crippen LogP contribution in [0.1, 0.15) is 6.42 Å². The second kappa shape index (κ2) is 3.99. The van der Waals surface area contributed by atoms with Crippen LogP contribution < -0.4 is 5.73 Å². The summed E-state index contributed by atoms with van der Waals surface area (Å²) in [5.74, 6) is -11.5. The summed E-state index contributed by atoms with van der Waals surface area (Å²) >= 11 is 0. The zero-order valence-electron chi connectivity index (χ0n) is 7.29. The van der Waals surface area contributed by atoms with Crippen LogP contribution in [0.25, 0.3) is 0 Å². The third kappa shape index (κ3) is 2.42. The van der Waals surface area contributed by atoms with Crippen molar-refractivity contribution < 1.29 is 30.7 Å². The summed E-state index contributed by atoms with van der Waals surface area (Å²) in [5.41, 5.74) is 4.54. The van der Waals surface area contributed by atoms with Crippen molar-refractivity contribution in [1.82, 2.24) is 0 Å². The van der Waals surface area contributed by atoms with Gasteiger partial charge in [-0.1, -0.05) is 6.08 Å². The fraction of sp³-hybridized carbons (Fsp3) is 0.714. The van der Waals surface area contributed by atoms with Gasteiger partial charge in [-0.25, -0.2) is 0 Å². The number of hydrogen-bond acceptors (Lipinski definition) is 1. The maximum absolute atomic E-state index is 12.6. The van der Waals surface area contributed by atoms with Crippen LogP contribution in [0.2, 0.25) is 0 Å². The quantitative estimate of drug-likeness (QED) is 0.592. The van der Waals surface area contributed by atoms with Gasteiger partial charge in [0.25, 0.3) is 0 Å². The van der Waals surface area contributed by atoms with Crippen LogP contribution in [0, 0.1) is 0 Å². The van der Waals surface area contributed by atoms with Crippen LogP contribution in [-0.4, -0.2) is 24.1 Å². The molecule has 15 heavy (non-hydrogen) atoms. The molecule has 0 fully saturated rings. The highest BCUT2D eigenvalue weighted by Gasteiger charge is 2.74. The van der Waals surface area contributed by atoms with Crippen molar-refractivity contribution in [3.8, 4) is 0 Å². The minimum Gasteiger partial charge on any atom is -0.322 e. The van der Waals surface area contributed by atoms with E-state index in [0.29, 0.717) is 0 Å². The van der Waals surface area contributed by atoms with Crippen molar-refractivity contribution in [3.63, 3.8) is 0 Å². The van der Waals surface area contributed by atoms with E-state index in [-0.39, 0.29) is 0 Å². The molecule has 0 aromatic carbocycles. The lowest BCUT2D eigenvalue weighted by Crippen LogP contribution is -2.60. The van der Waals surface area contributed by atoms with E-state index in [4.69, 9.17) is 0 Å². The van der Waals surface area contributed by atoms with Crippen molar-refractivity contribution in [1.29, 1.82) is 0 Å². The van der Waals surface area contributed by atoms with Crippen LogP contribution in [0.4, 0.5) is 30.7 Å². The molecule has 0 unspecified atom stereocenters. The fourth-order valence-corrected chi connectivity index (χ4v) is 0.749. The molecule has 0 spiro atoms. The number of nitrogens with two attached hydrogens (primary N) is 1. The third-order valence-electron chi connectivity index (χ3n) is 1.66. The Labute approximate surface area is 80.7 Å². The molecule has 0 radical (unpaired) electrons. The number of rotatable bonds is 4. The van der Waals surface area contributed by atoms with E-state index < -0.39 is 30.5 Å². The molecule has 0 aliphatic heterocycles. The molecular formula is C7H8F7N. The molecule has 0 saturated heterocycles. The standard InChI is InChI=1S/C7H8F7N/c1-2-3-4(15)5(8,9)6(10,11)7(12,13)14/h2,4H,1,3,15H2/t4-/m0/s1. The molecule has 8 heteroatoms. The van der Waals surface area contributed by atoms with E-state index in [1.807, 2.05) is 0 Å². The molecule has 1 nitrogen and oxygen atoms in total. The third-order valence-corrected chi connectivity index (χ3v) is 1.66. The van der Waals surface area contributed by atoms with Gasteiger partial charge < -0.3 is 5.73 Å². The molecule has 0 rings (SSSR count). The highest BCUT2D eigenvalue weighted by atomic mass is 19.4.